The molecule has 0 aliphatic rings. The van der Waals surface area contributed by atoms with Crippen molar-refractivity contribution in [1.29, 1.82) is 0 Å². The Morgan fingerprint density at radius 1 is 1.62 bits per heavy atom. The zero-order valence-corrected chi connectivity index (χ0v) is 12.9. The maximum atomic E-state index is 13.4. The number of carboxylic acid groups (broad SMARTS) is 1. The molecule has 1 unspecified atom stereocenters. The minimum absolute atomic E-state index is 0.0489. The largest absolute Gasteiger partial charge is 0.487 e. The van der Waals surface area contributed by atoms with Crippen molar-refractivity contribution in [3.05, 3.63) is 32.5 Å². The van der Waals surface area contributed by atoms with Crippen molar-refractivity contribution in [3.63, 3.8) is 0 Å². The first kappa shape index (κ1) is 17.3. The summed E-state index contributed by atoms with van der Waals surface area (Å²) < 4.78 is 18.5. The number of nitrogens with zero attached hydrogens (tertiary/aromatic N) is 1. The number of carbonyl (C=O) groups is 1. The lowest BCUT2D eigenvalue weighted by Gasteiger charge is -2.23. The van der Waals surface area contributed by atoms with Gasteiger partial charge in [0.05, 0.1) is 16.0 Å². The summed E-state index contributed by atoms with van der Waals surface area (Å²) in [5.74, 6) is -2.03. The van der Waals surface area contributed by atoms with E-state index >= 15 is 0 Å². The molecular formula is C12H14BrFN2O5. The molecular weight excluding hydrogens is 351 g/mol. The number of nitro groups is 1. The molecule has 0 aromatic heterocycles. The highest BCUT2D eigenvalue weighted by Gasteiger charge is 2.31. The van der Waals surface area contributed by atoms with Crippen LogP contribution in [0.2, 0.25) is 0 Å². The van der Waals surface area contributed by atoms with Crippen LogP contribution < -0.4 is 10.1 Å². The van der Waals surface area contributed by atoms with Gasteiger partial charge in [-0.15, -0.1) is 0 Å². The van der Waals surface area contributed by atoms with Crippen molar-refractivity contribution in [2.75, 3.05) is 13.7 Å². The first-order valence-corrected chi connectivity index (χ1v) is 6.69. The zero-order chi connectivity index (χ0) is 16.2. The van der Waals surface area contributed by atoms with Crippen molar-refractivity contribution >= 4 is 27.6 Å². The van der Waals surface area contributed by atoms with Crippen LogP contribution in [0.25, 0.3) is 0 Å². The van der Waals surface area contributed by atoms with Gasteiger partial charge in [-0.3, -0.25) is 14.9 Å². The molecule has 0 radical (unpaired) electrons. The third kappa shape index (κ3) is 4.11. The minimum Gasteiger partial charge on any atom is -0.487 e. The van der Waals surface area contributed by atoms with Gasteiger partial charge in [0, 0.05) is 18.6 Å². The zero-order valence-electron chi connectivity index (χ0n) is 11.4. The van der Waals surface area contributed by atoms with Gasteiger partial charge in [0.15, 0.2) is 5.75 Å². The van der Waals surface area contributed by atoms with Crippen molar-refractivity contribution in [2.24, 2.45) is 0 Å². The molecule has 1 aromatic rings. The summed E-state index contributed by atoms with van der Waals surface area (Å²) in [6, 6.07) is 1.89. The number of hydrogen-bond acceptors (Lipinski definition) is 5. The molecule has 9 heteroatoms. The fourth-order valence-electron chi connectivity index (χ4n) is 1.48. The molecule has 0 saturated carbocycles. The summed E-state index contributed by atoms with van der Waals surface area (Å²) >= 11 is 2.86. The number of carboxylic acids is 1. The Balaban J connectivity index is 2.87. The number of likely N-dealkylation sites (N-methyl/N-ethyl adjacent to an activating group) is 1. The maximum Gasteiger partial charge on any atom is 0.323 e. The summed E-state index contributed by atoms with van der Waals surface area (Å²) in [5.41, 5.74) is -1.63. The number of halogens is 2. The second kappa shape index (κ2) is 6.81. The van der Waals surface area contributed by atoms with E-state index in [9.17, 15) is 19.3 Å². The second-order valence-electron chi connectivity index (χ2n) is 4.48. The van der Waals surface area contributed by atoms with E-state index in [0.717, 1.165) is 12.1 Å². The number of hydrogen-bond donors (Lipinski definition) is 2. The van der Waals surface area contributed by atoms with Gasteiger partial charge in [-0.2, -0.15) is 0 Å². The van der Waals surface area contributed by atoms with E-state index < -0.39 is 27.9 Å². The fourth-order valence-corrected chi connectivity index (χ4v) is 1.81. The lowest BCUT2D eigenvalue weighted by Crippen LogP contribution is -2.48. The van der Waals surface area contributed by atoms with Crippen LogP contribution >= 0.6 is 15.9 Å². The van der Waals surface area contributed by atoms with Crippen molar-refractivity contribution in [3.8, 4) is 5.75 Å². The van der Waals surface area contributed by atoms with Gasteiger partial charge in [-0.05, 0) is 29.9 Å². The highest BCUT2D eigenvalue weighted by atomic mass is 79.9. The van der Waals surface area contributed by atoms with Crippen molar-refractivity contribution < 1.29 is 24.0 Å². The van der Waals surface area contributed by atoms with Gasteiger partial charge in [-0.1, -0.05) is 0 Å². The number of benzene rings is 1. The molecule has 0 spiro atoms. The standard InChI is InChI=1S/C12H14BrFN2O5/c1-12(15-2,11(17)18)3-4-21-10-6-8(14)7(13)5-9(10)16(19)20/h5-6,15H,3-4H2,1-2H3,(H,17,18). The van der Waals surface area contributed by atoms with E-state index in [1.165, 1.54) is 14.0 Å². The highest BCUT2D eigenvalue weighted by molar-refractivity contribution is 9.10. The number of rotatable bonds is 7. The summed E-state index contributed by atoms with van der Waals surface area (Å²) in [6.07, 6.45) is 0.0493. The van der Waals surface area contributed by atoms with Gasteiger partial charge in [0.25, 0.3) is 0 Å². The van der Waals surface area contributed by atoms with Crippen LogP contribution in [-0.2, 0) is 4.79 Å². The van der Waals surface area contributed by atoms with E-state index in [-0.39, 0.29) is 23.2 Å². The number of nitrogens with one attached hydrogen (secondary N) is 1. The Morgan fingerprint density at radius 2 is 2.24 bits per heavy atom. The molecule has 0 aliphatic heterocycles. The lowest BCUT2D eigenvalue weighted by molar-refractivity contribution is -0.386. The SMILES string of the molecule is CNC(C)(CCOc1cc(F)c(Br)cc1[N+](=O)[O-])C(=O)O. The van der Waals surface area contributed by atoms with E-state index in [1.807, 2.05) is 0 Å². The molecule has 0 fully saturated rings. The van der Waals surface area contributed by atoms with Gasteiger partial charge < -0.3 is 15.2 Å². The molecule has 1 rings (SSSR count). The van der Waals surface area contributed by atoms with Gasteiger partial charge in [0.1, 0.15) is 11.4 Å². The molecule has 0 amide bonds. The molecule has 7 nitrogen and oxygen atoms in total. The Kier molecular flexibility index (Phi) is 5.62. The summed E-state index contributed by atoms with van der Waals surface area (Å²) in [4.78, 5) is 21.3. The van der Waals surface area contributed by atoms with Crippen molar-refractivity contribution in [1.82, 2.24) is 5.32 Å². The molecule has 2 N–H and O–H groups in total. The summed E-state index contributed by atoms with van der Waals surface area (Å²) in [6.45, 7) is 1.33. The Labute approximate surface area is 128 Å². The van der Waals surface area contributed by atoms with Crippen LogP contribution in [-0.4, -0.2) is 35.2 Å². The van der Waals surface area contributed by atoms with E-state index in [0.29, 0.717) is 0 Å². The quantitative estimate of drug-likeness (QED) is 0.568. The van der Waals surface area contributed by atoms with E-state index in [2.05, 4.69) is 21.2 Å². The molecule has 1 atom stereocenters. The molecule has 116 valence electrons. The van der Waals surface area contributed by atoms with Crippen LogP contribution in [0.4, 0.5) is 10.1 Å². The maximum absolute atomic E-state index is 13.4. The molecule has 1 aromatic carbocycles. The molecule has 0 saturated heterocycles. The smallest absolute Gasteiger partial charge is 0.323 e. The van der Waals surface area contributed by atoms with E-state index in [1.54, 1.807) is 0 Å². The minimum atomic E-state index is -1.23. The average molecular weight is 365 g/mol. The summed E-state index contributed by atoms with van der Waals surface area (Å²) in [7, 11) is 1.48. The predicted octanol–water partition coefficient (Wildman–Crippen LogP) is 2.33. The Morgan fingerprint density at radius 3 is 2.71 bits per heavy atom. The molecule has 0 heterocycles. The van der Waals surface area contributed by atoms with Gasteiger partial charge in [0.2, 0.25) is 0 Å². The average Bonchev–Trinajstić information content (AvgIpc) is 2.41. The first-order chi connectivity index (χ1) is 9.71. The summed E-state index contributed by atoms with van der Waals surface area (Å²) in [5, 5.41) is 22.6. The van der Waals surface area contributed by atoms with Gasteiger partial charge >= 0.3 is 11.7 Å². The highest BCUT2D eigenvalue weighted by Crippen LogP contribution is 2.32. The van der Waals surface area contributed by atoms with Gasteiger partial charge in [-0.25, -0.2) is 4.39 Å². The van der Waals surface area contributed by atoms with Crippen LogP contribution in [0.3, 0.4) is 0 Å². The molecule has 21 heavy (non-hydrogen) atoms. The number of aliphatic carboxylic acids is 1. The third-order valence-corrected chi connectivity index (χ3v) is 3.69. The van der Waals surface area contributed by atoms with Crippen LogP contribution in [0.1, 0.15) is 13.3 Å². The van der Waals surface area contributed by atoms with Crippen LogP contribution in [0, 0.1) is 15.9 Å². The van der Waals surface area contributed by atoms with Crippen molar-refractivity contribution in [2.45, 2.75) is 18.9 Å². The topological polar surface area (TPSA) is 102 Å². The lowest BCUT2D eigenvalue weighted by atomic mass is 9.99. The van der Waals surface area contributed by atoms with E-state index in [4.69, 9.17) is 9.84 Å². The number of ether oxygens (including phenoxy) is 1. The van der Waals surface area contributed by atoms with Crippen LogP contribution in [0.15, 0.2) is 16.6 Å². The monoisotopic (exact) mass is 364 g/mol. The second-order valence-corrected chi connectivity index (χ2v) is 5.33. The fraction of sp³-hybridized carbons (Fsp3) is 0.417. The third-order valence-electron chi connectivity index (χ3n) is 3.08. The molecule has 0 bridgehead atoms. The Hall–Kier alpha value is -1.74. The number of nitro benzene ring substituents is 1. The Bertz CT molecular complexity index is 569. The predicted molar refractivity (Wildman–Crippen MR) is 76.0 cm³/mol. The van der Waals surface area contributed by atoms with Crippen LogP contribution in [0.5, 0.6) is 5.75 Å². The normalized spacial score (nSPS) is 13.5. The molecule has 0 aliphatic carbocycles. The first-order valence-electron chi connectivity index (χ1n) is 5.90.